The number of aromatic nitrogens is 2. The fourth-order valence-electron chi connectivity index (χ4n) is 4.57. The van der Waals surface area contributed by atoms with E-state index < -0.39 is 24.4 Å². The summed E-state index contributed by atoms with van der Waals surface area (Å²) in [5.41, 5.74) is 0.707. The second kappa shape index (κ2) is 8.80. The molecule has 1 N–H and O–H groups in total. The average molecular weight is 436 g/mol. The van der Waals surface area contributed by atoms with Crippen molar-refractivity contribution in [2.24, 2.45) is 5.92 Å². The first kappa shape index (κ1) is 21.5. The summed E-state index contributed by atoms with van der Waals surface area (Å²) >= 11 is 0. The van der Waals surface area contributed by atoms with E-state index >= 15 is 0 Å². The summed E-state index contributed by atoms with van der Waals surface area (Å²) in [5, 5.41) is 7.58. The highest BCUT2D eigenvalue weighted by Gasteiger charge is 2.38. The van der Waals surface area contributed by atoms with Crippen molar-refractivity contribution in [2.75, 3.05) is 18.4 Å². The van der Waals surface area contributed by atoms with Gasteiger partial charge in [-0.3, -0.25) is 4.79 Å². The predicted molar refractivity (Wildman–Crippen MR) is 110 cm³/mol. The third-order valence-electron chi connectivity index (χ3n) is 6.20. The molecule has 0 spiro atoms. The Balaban J connectivity index is 1.35. The Bertz CT molecular complexity index is 927. The number of amides is 1. The molecule has 6 nitrogen and oxygen atoms in total. The number of hydrogen-bond donors (Lipinski definition) is 1. The number of carbonyl (C=O) groups excluding carboxylic acids is 1. The zero-order valence-corrected chi connectivity index (χ0v) is 17.6. The summed E-state index contributed by atoms with van der Waals surface area (Å²) < 4.78 is 48.0. The van der Waals surface area contributed by atoms with Gasteiger partial charge in [0, 0.05) is 25.2 Å². The van der Waals surface area contributed by atoms with Gasteiger partial charge in [-0.25, -0.2) is 17.9 Å². The van der Waals surface area contributed by atoms with Gasteiger partial charge in [-0.1, -0.05) is 12.1 Å². The molecule has 2 aliphatic rings. The summed E-state index contributed by atoms with van der Waals surface area (Å²) in [7, 11) is 0. The van der Waals surface area contributed by atoms with Gasteiger partial charge in [-0.2, -0.15) is 5.10 Å². The van der Waals surface area contributed by atoms with Gasteiger partial charge in [0.2, 0.25) is 0 Å². The van der Waals surface area contributed by atoms with Crippen molar-refractivity contribution < 1.29 is 22.7 Å². The minimum Gasteiger partial charge on any atom is -0.478 e. The van der Waals surface area contributed by atoms with E-state index in [9.17, 15) is 18.0 Å². The Morgan fingerprint density at radius 2 is 1.97 bits per heavy atom. The Kier molecular flexibility index (Phi) is 6.11. The topological polar surface area (TPSA) is 59.4 Å². The molecule has 1 unspecified atom stereocenters. The van der Waals surface area contributed by atoms with Crippen LogP contribution in [-0.4, -0.2) is 52.2 Å². The zero-order chi connectivity index (χ0) is 22.1. The SMILES string of the molecule is Cc1cc2n(n1)[C@@H](C(F)F)C[C@@H](C1CCN(C(=O)C(C)Oc3ccccc3F)CC1)N2. The van der Waals surface area contributed by atoms with Gasteiger partial charge >= 0.3 is 0 Å². The molecule has 31 heavy (non-hydrogen) atoms. The van der Waals surface area contributed by atoms with E-state index in [0.717, 1.165) is 0 Å². The highest BCUT2D eigenvalue weighted by Crippen LogP contribution is 2.37. The van der Waals surface area contributed by atoms with Gasteiger partial charge in [-0.15, -0.1) is 0 Å². The van der Waals surface area contributed by atoms with E-state index in [1.54, 1.807) is 36.9 Å². The minimum absolute atomic E-state index is 0.0505. The van der Waals surface area contributed by atoms with E-state index in [-0.39, 0.29) is 23.6 Å². The van der Waals surface area contributed by atoms with Crippen LogP contribution < -0.4 is 10.1 Å². The van der Waals surface area contributed by atoms with Crippen molar-refractivity contribution in [3.63, 3.8) is 0 Å². The molecule has 3 atom stereocenters. The van der Waals surface area contributed by atoms with Gasteiger partial charge in [0.1, 0.15) is 11.9 Å². The molecule has 1 saturated heterocycles. The average Bonchev–Trinajstić information content (AvgIpc) is 3.14. The van der Waals surface area contributed by atoms with E-state index in [1.807, 2.05) is 0 Å². The highest BCUT2D eigenvalue weighted by atomic mass is 19.3. The Morgan fingerprint density at radius 1 is 1.26 bits per heavy atom. The normalized spacial score (nSPS) is 22.7. The molecule has 1 amide bonds. The number of aryl methyl sites for hydroxylation is 1. The van der Waals surface area contributed by atoms with Crippen molar-refractivity contribution in [2.45, 2.75) is 57.7 Å². The Labute approximate surface area is 179 Å². The first-order valence-corrected chi connectivity index (χ1v) is 10.6. The number of piperidine rings is 1. The fraction of sp³-hybridized carbons (Fsp3) is 0.545. The van der Waals surface area contributed by atoms with E-state index in [1.165, 1.54) is 16.8 Å². The fourth-order valence-corrected chi connectivity index (χ4v) is 4.57. The van der Waals surface area contributed by atoms with Crippen molar-refractivity contribution in [1.29, 1.82) is 0 Å². The molecule has 0 saturated carbocycles. The number of benzene rings is 1. The molecular weight excluding hydrogens is 409 g/mol. The smallest absolute Gasteiger partial charge is 0.263 e. The molecule has 1 aromatic heterocycles. The van der Waals surface area contributed by atoms with E-state index in [0.29, 0.717) is 43.9 Å². The van der Waals surface area contributed by atoms with Crippen molar-refractivity contribution >= 4 is 11.7 Å². The van der Waals surface area contributed by atoms with Crippen LogP contribution in [0.5, 0.6) is 5.75 Å². The van der Waals surface area contributed by atoms with Gasteiger partial charge in [-0.05, 0) is 51.2 Å². The summed E-state index contributed by atoms with van der Waals surface area (Å²) in [5.74, 6) is 0.154. The predicted octanol–water partition coefficient (Wildman–Crippen LogP) is 4.03. The number of anilines is 1. The van der Waals surface area contributed by atoms with Crippen LogP contribution in [0.25, 0.3) is 0 Å². The number of nitrogens with one attached hydrogen (secondary N) is 1. The number of rotatable bonds is 5. The molecule has 2 aliphatic heterocycles. The Morgan fingerprint density at radius 3 is 2.65 bits per heavy atom. The number of hydrogen-bond acceptors (Lipinski definition) is 4. The maximum atomic E-state index is 13.8. The van der Waals surface area contributed by atoms with Crippen LogP contribution in [0.15, 0.2) is 30.3 Å². The van der Waals surface area contributed by atoms with E-state index in [4.69, 9.17) is 4.74 Å². The molecule has 0 radical (unpaired) electrons. The molecule has 1 fully saturated rings. The summed E-state index contributed by atoms with van der Waals surface area (Å²) in [6.07, 6.45) is -1.57. The largest absolute Gasteiger partial charge is 0.478 e. The lowest BCUT2D eigenvalue weighted by molar-refractivity contribution is -0.139. The summed E-state index contributed by atoms with van der Waals surface area (Å²) in [4.78, 5) is 14.5. The molecule has 4 rings (SSSR count). The van der Waals surface area contributed by atoms with Crippen LogP contribution in [0.1, 0.15) is 37.9 Å². The molecule has 168 valence electrons. The number of likely N-dealkylation sites (tertiary alicyclic amines) is 1. The van der Waals surface area contributed by atoms with Crippen molar-refractivity contribution in [1.82, 2.24) is 14.7 Å². The Hall–Kier alpha value is -2.71. The zero-order valence-electron chi connectivity index (χ0n) is 17.6. The van der Waals surface area contributed by atoms with Crippen LogP contribution in [0, 0.1) is 18.7 Å². The molecule has 9 heteroatoms. The minimum atomic E-state index is -2.49. The number of alkyl halides is 2. The highest BCUT2D eigenvalue weighted by molar-refractivity contribution is 5.81. The number of nitrogens with zero attached hydrogens (tertiary/aromatic N) is 3. The maximum absolute atomic E-state index is 13.8. The first-order valence-electron chi connectivity index (χ1n) is 10.6. The second-order valence-electron chi connectivity index (χ2n) is 8.36. The number of para-hydroxylation sites is 1. The lowest BCUT2D eigenvalue weighted by Gasteiger charge is -2.40. The van der Waals surface area contributed by atoms with E-state index in [2.05, 4.69) is 10.4 Å². The number of halogens is 3. The molecule has 2 aromatic rings. The third-order valence-corrected chi connectivity index (χ3v) is 6.20. The van der Waals surface area contributed by atoms with Crippen molar-refractivity contribution in [3.05, 3.63) is 41.8 Å². The molecule has 1 aromatic carbocycles. The standard InChI is InChI=1S/C22H27F3N4O2/c1-13-11-20-26-17(12-18(21(24)25)29(20)27-13)15-7-9-28(10-8-15)22(30)14(2)31-19-6-4-3-5-16(19)23/h3-6,11,14-15,17-18,21,26H,7-10,12H2,1-2H3/t14?,17-,18+/m0/s1. The van der Waals surface area contributed by atoms with Crippen molar-refractivity contribution in [3.8, 4) is 5.75 Å². The third kappa shape index (κ3) is 4.50. The van der Waals surface area contributed by atoms with Crippen LogP contribution in [0.4, 0.5) is 19.0 Å². The lowest BCUT2D eigenvalue weighted by atomic mass is 9.85. The van der Waals surface area contributed by atoms with Gasteiger partial charge < -0.3 is 15.0 Å². The second-order valence-corrected chi connectivity index (χ2v) is 8.36. The maximum Gasteiger partial charge on any atom is 0.263 e. The number of fused-ring (bicyclic) bond motifs is 1. The lowest BCUT2D eigenvalue weighted by Crippen LogP contribution is -2.48. The van der Waals surface area contributed by atoms with Crippen LogP contribution >= 0.6 is 0 Å². The summed E-state index contributed by atoms with van der Waals surface area (Å²) in [6.45, 7) is 4.44. The number of ether oxygens (including phenoxy) is 1. The van der Waals surface area contributed by atoms with Gasteiger partial charge in [0.05, 0.1) is 5.69 Å². The van der Waals surface area contributed by atoms with Gasteiger partial charge in [0.25, 0.3) is 12.3 Å². The molecule has 0 aliphatic carbocycles. The van der Waals surface area contributed by atoms with Crippen LogP contribution in [-0.2, 0) is 4.79 Å². The summed E-state index contributed by atoms with van der Waals surface area (Å²) in [6, 6.07) is 6.75. The number of carbonyl (C=O) groups is 1. The van der Waals surface area contributed by atoms with Crippen LogP contribution in [0.3, 0.4) is 0 Å². The quantitative estimate of drug-likeness (QED) is 0.769. The molecule has 3 heterocycles. The van der Waals surface area contributed by atoms with Gasteiger partial charge in [0.15, 0.2) is 17.7 Å². The monoisotopic (exact) mass is 436 g/mol. The molecular formula is C22H27F3N4O2. The molecule has 0 bridgehead atoms. The van der Waals surface area contributed by atoms with Crippen LogP contribution in [0.2, 0.25) is 0 Å². The first-order chi connectivity index (χ1) is 14.8.